The minimum atomic E-state index is -0.0729. The third-order valence-electron chi connectivity index (χ3n) is 7.66. The molecule has 0 amide bonds. The lowest BCUT2D eigenvalue weighted by Gasteiger charge is -2.26. The normalized spacial score (nSPS) is 26.2. The van der Waals surface area contributed by atoms with Crippen molar-refractivity contribution >= 4 is 5.97 Å². The van der Waals surface area contributed by atoms with Gasteiger partial charge in [0.15, 0.2) is 0 Å². The SMILES string of the molecule is CCCCCC1CCC(/C=C/COc2ccc(OC(=O)C3CCC(CC)CC3)cc2)CC1. The highest BCUT2D eigenvalue weighted by Crippen LogP contribution is 2.33. The van der Waals surface area contributed by atoms with Gasteiger partial charge in [0.1, 0.15) is 18.1 Å². The fraction of sp³-hybridized carbons (Fsp3) is 0.690. The molecule has 0 bridgehead atoms. The Bertz CT molecular complexity index is 677. The summed E-state index contributed by atoms with van der Waals surface area (Å²) in [6.07, 6.45) is 21.0. The van der Waals surface area contributed by atoms with Crippen molar-refractivity contribution in [3.8, 4) is 11.5 Å². The van der Waals surface area contributed by atoms with Crippen LogP contribution in [-0.4, -0.2) is 12.6 Å². The lowest BCUT2D eigenvalue weighted by atomic mass is 9.79. The largest absolute Gasteiger partial charge is 0.490 e. The molecular formula is C29H44O3. The fourth-order valence-corrected chi connectivity index (χ4v) is 5.35. The predicted octanol–water partition coefficient (Wildman–Crippen LogP) is 8.13. The molecule has 32 heavy (non-hydrogen) atoms. The third-order valence-corrected chi connectivity index (χ3v) is 7.66. The highest BCUT2D eigenvalue weighted by atomic mass is 16.5. The zero-order chi connectivity index (χ0) is 22.6. The minimum Gasteiger partial charge on any atom is -0.490 e. The van der Waals surface area contributed by atoms with Crippen LogP contribution in [0.3, 0.4) is 0 Å². The van der Waals surface area contributed by atoms with Gasteiger partial charge < -0.3 is 9.47 Å². The molecule has 3 heteroatoms. The topological polar surface area (TPSA) is 35.5 Å². The molecule has 2 saturated carbocycles. The second-order valence-corrected chi connectivity index (χ2v) is 10.0. The molecule has 1 aromatic rings. The molecule has 0 heterocycles. The molecular weight excluding hydrogens is 396 g/mol. The summed E-state index contributed by atoms with van der Waals surface area (Å²) in [4.78, 5) is 12.4. The Morgan fingerprint density at radius 2 is 1.53 bits per heavy atom. The second kappa shape index (κ2) is 13.7. The van der Waals surface area contributed by atoms with Crippen molar-refractivity contribution in [1.29, 1.82) is 0 Å². The van der Waals surface area contributed by atoms with Gasteiger partial charge in [-0.2, -0.15) is 0 Å². The molecule has 3 rings (SSSR count). The van der Waals surface area contributed by atoms with Crippen molar-refractivity contribution in [2.75, 3.05) is 6.61 Å². The van der Waals surface area contributed by atoms with Crippen molar-refractivity contribution in [2.24, 2.45) is 23.7 Å². The average molecular weight is 441 g/mol. The molecule has 2 aliphatic carbocycles. The molecule has 2 fully saturated rings. The van der Waals surface area contributed by atoms with Crippen LogP contribution >= 0.6 is 0 Å². The van der Waals surface area contributed by atoms with Crippen molar-refractivity contribution < 1.29 is 14.3 Å². The lowest BCUT2D eigenvalue weighted by Crippen LogP contribution is -2.25. The molecule has 2 aliphatic rings. The maximum absolute atomic E-state index is 12.4. The number of unbranched alkanes of at least 4 members (excludes halogenated alkanes) is 2. The molecule has 0 unspecified atom stereocenters. The van der Waals surface area contributed by atoms with Crippen molar-refractivity contribution in [2.45, 2.75) is 97.3 Å². The first-order chi connectivity index (χ1) is 15.7. The number of hydrogen-bond donors (Lipinski definition) is 0. The van der Waals surface area contributed by atoms with Crippen molar-refractivity contribution in [1.82, 2.24) is 0 Å². The first-order valence-electron chi connectivity index (χ1n) is 13.3. The van der Waals surface area contributed by atoms with E-state index in [1.165, 1.54) is 57.8 Å². The third kappa shape index (κ3) is 8.30. The van der Waals surface area contributed by atoms with Crippen LogP contribution in [0.5, 0.6) is 11.5 Å². The van der Waals surface area contributed by atoms with E-state index < -0.39 is 0 Å². The van der Waals surface area contributed by atoms with Gasteiger partial charge in [0.25, 0.3) is 0 Å². The Balaban J connectivity index is 1.32. The van der Waals surface area contributed by atoms with E-state index in [4.69, 9.17) is 9.47 Å². The van der Waals surface area contributed by atoms with Gasteiger partial charge in [0, 0.05) is 0 Å². The quantitative estimate of drug-likeness (QED) is 0.151. The summed E-state index contributed by atoms with van der Waals surface area (Å²) in [5.41, 5.74) is 0. The molecule has 0 radical (unpaired) electrons. The molecule has 0 aromatic heterocycles. The van der Waals surface area contributed by atoms with E-state index in [2.05, 4.69) is 26.0 Å². The standard InChI is InChI=1S/C29H44O3/c1-3-5-6-8-24-10-12-25(13-11-24)9-7-22-31-27-18-20-28(21-19-27)32-29(30)26-16-14-23(4-2)15-17-26/h7,9,18-21,23-26H,3-6,8,10-17,22H2,1-2H3/b9-7+. The van der Waals surface area contributed by atoms with E-state index in [1.54, 1.807) is 0 Å². The first kappa shape index (κ1) is 24.9. The molecule has 0 N–H and O–H groups in total. The van der Waals surface area contributed by atoms with Gasteiger partial charge in [-0.3, -0.25) is 4.79 Å². The molecule has 0 aliphatic heterocycles. The number of rotatable bonds is 11. The first-order valence-corrected chi connectivity index (χ1v) is 13.3. The van der Waals surface area contributed by atoms with Crippen LogP contribution in [-0.2, 0) is 4.79 Å². The molecule has 3 nitrogen and oxygen atoms in total. The summed E-state index contributed by atoms with van der Waals surface area (Å²) < 4.78 is 11.5. The number of esters is 1. The monoisotopic (exact) mass is 440 g/mol. The van der Waals surface area contributed by atoms with Crippen molar-refractivity contribution in [3.63, 3.8) is 0 Å². The van der Waals surface area contributed by atoms with Gasteiger partial charge in [-0.15, -0.1) is 0 Å². The maximum Gasteiger partial charge on any atom is 0.314 e. The van der Waals surface area contributed by atoms with Gasteiger partial charge in [0.05, 0.1) is 5.92 Å². The number of carbonyl (C=O) groups excluding carboxylic acids is 1. The molecule has 1 aromatic carbocycles. The molecule has 0 spiro atoms. The van der Waals surface area contributed by atoms with Gasteiger partial charge in [-0.25, -0.2) is 0 Å². The summed E-state index contributed by atoms with van der Waals surface area (Å²) in [5, 5.41) is 0. The summed E-state index contributed by atoms with van der Waals surface area (Å²) in [6, 6.07) is 7.47. The van der Waals surface area contributed by atoms with Crippen LogP contribution in [0.4, 0.5) is 0 Å². The van der Waals surface area contributed by atoms with E-state index in [-0.39, 0.29) is 11.9 Å². The Kier molecular flexibility index (Phi) is 10.6. The smallest absolute Gasteiger partial charge is 0.314 e. The summed E-state index contributed by atoms with van der Waals surface area (Å²) in [6.45, 7) is 5.12. The fourth-order valence-electron chi connectivity index (χ4n) is 5.35. The van der Waals surface area contributed by atoms with Crippen LogP contribution in [0.15, 0.2) is 36.4 Å². The van der Waals surface area contributed by atoms with E-state index in [1.807, 2.05) is 24.3 Å². The molecule has 0 saturated heterocycles. The van der Waals surface area contributed by atoms with E-state index in [0.29, 0.717) is 12.4 Å². The number of allylic oxidation sites excluding steroid dienone is 1. The Morgan fingerprint density at radius 1 is 0.875 bits per heavy atom. The lowest BCUT2D eigenvalue weighted by molar-refractivity contribution is -0.140. The Labute approximate surface area is 196 Å². The van der Waals surface area contributed by atoms with E-state index >= 15 is 0 Å². The Hall–Kier alpha value is -1.77. The van der Waals surface area contributed by atoms with Crippen LogP contribution in [0.1, 0.15) is 97.3 Å². The van der Waals surface area contributed by atoms with E-state index in [0.717, 1.165) is 49.2 Å². The molecule has 0 atom stereocenters. The number of carbonyl (C=O) groups is 1. The second-order valence-electron chi connectivity index (χ2n) is 10.0. The highest BCUT2D eigenvalue weighted by molar-refractivity contribution is 5.75. The van der Waals surface area contributed by atoms with Crippen LogP contribution in [0, 0.1) is 23.7 Å². The van der Waals surface area contributed by atoms with Gasteiger partial charge in [0.2, 0.25) is 0 Å². The number of ether oxygens (including phenoxy) is 2. The van der Waals surface area contributed by atoms with Gasteiger partial charge in [-0.1, -0.05) is 58.1 Å². The molecule has 178 valence electrons. The zero-order valence-corrected chi connectivity index (χ0v) is 20.4. The summed E-state index contributed by atoms with van der Waals surface area (Å²) >= 11 is 0. The van der Waals surface area contributed by atoms with Crippen LogP contribution < -0.4 is 9.47 Å². The van der Waals surface area contributed by atoms with Crippen LogP contribution in [0.2, 0.25) is 0 Å². The number of hydrogen-bond acceptors (Lipinski definition) is 3. The van der Waals surface area contributed by atoms with Gasteiger partial charge >= 0.3 is 5.97 Å². The number of benzene rings is 1. The minimum absolute atomic E-state index is 0.0604. The van der Waals surface area contributed by atoms with Crippen molar-refractivity contribution in [3.05, 3.63) is 36.4 Å². The van der Waals surface area contributed by atoms with E-state index in [9.17, 15) is 4.79 Å². The summed E-state index contributed by atoms with van der Waals surface area (Å²) in [7, 11) is 0. The summed E-state index contributed by atoms with van der Waals surface area (Å²) in [5.74, 6) is 3.89. The maximum atomic E-state index is 12.4. The predicted molar refractivity (Wildman–Crippen MR) is 132 cm³/mol. The zero-order valence-electron chi connectivity index (χ0n) is 20.4. The van der Waals surface area contributed by atoms with Crippen LogP contribution in [0.25, 0.3) is 0 Å². The highest BCUT2D eigenvalue weighted by Gasteiger charge is 2.27. The van der Waals surface area contributed by atoms with Gasteiger partial charge in [-0.05, 0) is 93.4 Å². The average Bonchev–Trinajstić information content (AvgIpc) is 2.84. The Morgan fingerprint density at radius 3 is 2.19 bits per heavy atom.